The van der Waals surface area contributed by atoms with Crippen LogP contribution in [0.3, 0.4) is 0 Å². The Hall–Kier alpha value is -0.160. The number of nitrogens with one attached hydrogen (secondary N) is 1. The summed E-state index contributed by atoms with van der Waals surface area (Å²) in [5.41, 5.74) is 0. The first-order valence-electron chi connectivity index (χ1n) is 6.44. The third-order valence-corrected chi connectivity index (χ3v) is 3.72. The van der Waals surface area contributed by atoms with Crippen LogP contribution in [0.5, 0.6) is 0 Å². The first kappa shape index (κ1) is 12.3. The molecular weight excluding hydrogens is 204 g/mol. The lowest BCUT2D eigenvalue weighted by Crippen LogP contribution is -2.49. The van der Waals surface area contributed by atoms with Crippen molar-refractivity contribution < 1.29 is 9.47 Å². The molecule has 0 aromatic heterocycles. The molecule has 2 heterocycles. The van der Waals surface area contributed by atoms with Gasteiger partial charge in [0.15, 0.2) is 0 Å². The second-order valence-corrected chi connectivity index (χ2v) is 4.88. The Morgan fingerprint density at radius 1 is 1.31 bits per heavy atom. The summed E-state index contributed by atoms with van der Waals surface area (Å²) in [5, 5.41) is 3.62. The Morgan fingerprint density at radius 2 is 2.06 bits per heavy atom. The first-order valence-corrected chi connectivity index (χ1v) is 6.44. The van der Waals surface area contributed by atoms with Gasteiger partial charge in [-0.2, -0.15) is 0 Å². The van der Waals surface area contributed by atoms with Crippen LogP contribution in [0.25, 0.3) is 0 Å². The summed E-state index contributed by atoms with van der Waals surface area (Å²) < 4.78 is 10.9. The summed E-state index contributed by atoms with van der Waals surface area (Å²) in [4.78, 5) is 2.50. The van der Waals surface area contributed by atoms with Gasteiger partial charge in [-0.15, -0.1) is 0 Å². The molecular formula is C12H24N2O2. The summed E-state index contributed by atoms with van der Waals surface area (Å²) in [5.74, 6) is 0. The van der Waals surface area contributed by atoms with Gasteiger partial charge >= 0.3 is 0 Å². The highest BCUT2D eigenvalue weighted by Gasteiger charge is 2.25. The lowest BCUT2D eigenvalue weighted by atomic mass is 10.1. The number of hydrogen-bond donors (Lipinski definition) is 1. The molecule has 3 unspecified atom stereocenters. The fourth-order valence-electron chi connectivity index (χ4n) is 2.47. The van der Waals surface area contributed by atoms with E-state index < -0.39 is 0 Å². The van der Waals surface area contributed by atoms with E-state index in [2.05, 4.69) is 24.1 Å². The minimum absolute atomic E-state index is 0.372. The molecule has 1 N–H and O–H groups in total. The van der Waals surface area contributed by atoms with E-state index in [1.165, 1.54) is 0 Å². The summed E-state index contributed by atoms with van der Waals surface area (Å²) in [6.45, 7) is 10.3. The van der Waals surface area contributed by atoms with Gasteiger partial charge in [0.2, 0.25) is 0 Å². The lowest BCUT2D eigenvalue weighted by molar-refractivity contribution is 0.0193. The maximum Gasteiger partial charge on any atom is 0.0700 e. The third-order valence-electron chi connectivity index (χ3n) is 3.72. The largest absolute Gasteiger partial charge is 0.379 e. The Labute approximate surface area is 98.3 Å². The summed E-state index contributed by atoms with van der Waals surface area (Å²) in [7, 11) is 0. The Balaban J connectivity index is 1.68. The van der Waals surface area contributed by atoms with Crippen LogP contribution in [-0.4, -0.2) is 62.5 Å². The van der Waals surface area contributed by atoms with Gasteiger partial charge in [-0.1, -0.05) is 0 Å². The van der Waals surface area contributed by atoms with Crippen molar-refractivity contribution in [3.8, 4) is 0 Å². The second-order valence-electron chi connectivity index (χ2n) is 4.88. The molecule has 2 fully saturated rings. The third kappa shape index (κ3) is 3.17. The van der Waals surface area contributed by atoms with Crippen molar-refractivity contribution in [1.29, 1.82) is 0 Å². The van der Waals surface area contributed by atoms with Crippen molar-refractivity contribution in [2.75, 3.05) is 39.5 Å². The minimum atomic E-state index is 0.372. The van der Waals surface area contributed by atoms with Gasteiger partial charge in [0, 0.05) is 38.3 Å². The van der Waals surface area contributed by atoms with Gasteiger partial charge in [0.05, 0.1) is 19.3 Å². The molecule has 4 nitrogen and oxygen atoms in total. The molecule has 2 saturated heterocycles. The van der Waals surface area contributed by atoms with Crippen molar-refractivity contribution in [3.05, 3.63) is 0 Å². The summed E-state index contributed by atoms with van der Waals surface area (Å²) in [6, 6.07) is 1.14. The maximum absolute atomic E-state index is 5.55. The van der Waals surface area contributed by atoms with Crippen LogP contribution in [0.1, 0.15) is 20.3 Å². The number of nitrogens with zero attached hydrogens (tertiary/aromatic N) is 1. The average molecular weight is 228 g/mol. The number of hydrogen-bond acceptors (Lipinski definition) is 4. The summed E-state index contributed by atoms with van der Waals surface area (Å²) >= 11 is 0. The second kappa shape index (κ2) is 5.96. The van der Waals surface area contributed by atoms with Gasteiger partial charge in [-0.05, 0) is 20.3 Å². The monoisotopic (exact) mass is 228 g/mol. The predicted molar refractivity (Wildman–Crippen MR) is 63.7 cm³/mol. The topological polar surface area (TPSA) is 33.7 Å². The molecule has 0 saturated carbocycles. The fraction of sp³-hybridized carbons (Fsp3) is 1.00. The lowest BCUT2D eigenvalue weighted by Gasteiger charge is -2.33. The molecule has 16 heavy (non-hydrogen) atoms. The zero-order valence-corrected chi connectivity index (χ0v) is 10.4. The van der Waals surface area contributed by atoms with Crippen LogP contribution in [-0.2, 0) is 9.47 Å². The normalized spacial score (nSPS) is 34.1. The van der Waals surface area contributed by atoms with E-state index in [0.717, 1.165) is 45.9 Å². The van der Waals surface area contributed by atoms with Gasteiger partial charge < -0.3 is 14.8 Å². The van der Waals surface area contributed by atoms with Crippen LogP contribution < -0.4 is 5.32 Å². The van der Waals surface area contributed by atoms with Crippen LogP contribution in [0.4, 0.5) is 0 Å². The van der Waals surface area contributed by atoms with Crippen LogP contribution in [0, 0.1) is 0 Å². The van der Waals surface area contributed by atoms with E-state index in [1.54, 1.807) is 0 Å². The highest BCUT2D eigenvalue weighted by atomic mass is 16.5. The Morgan fingerprint density at radius 3 is 2.69 bits per heavy atom. The molecule has 0 aliphatic carbocycles. The quantitative estimate of drug-likeness (QED) is 0.758. The molecule has 0 spiro atoms. The molecule has 94 valence electrons. The maximum atomic E-state index is 5.55. The van der Waals surface area contributed by atoms with E-state index in [1.807, 2.05) is 0 Å². The van der Waals surface area contributed by atoms with Crippen molar-refractivity contribution in [2.45, 2.75) is 38.5 Å². The van der Waals surface area contributed by atoms with E-state index in [-0.39, 0.29) is 0 Å². The smallest absolute Gasteiger partial charge is 0.0700 e. The minimum Gasteiger partial charge on any atom is -0.379 e. The predicted octanol–water partition coefficient (Wildman–Crippen LogP) is 0.474. The highest BCUT2D eigenvalue weighted by molar-refractivity contribution is 4.81. The number of rotatable bonds is 4. The van der Waals surface area contributed by atoms with Crippen molar-refractivity contribution in [2.24, 2.45) is 0 Å². The Bertz CT molecular complexity index is 207. The van der Waals surface area contributed by atoms with E-state index >= 15 is 0 Å². The number of ether oxygens (including phenoxy) is 2. The molecule has 0 amide bonds. The van der Waals surface area contributed by atoms with Crippen LogP contribution >= 0.6 is 0 Å². The highest BCUT2D eigenvalue weighted by Crippen LogP contribution is 2.13. The van der Waals surface area contributed by atoms with Gasteiger partial charge in [-0.25, -0.2) is 0 Å². The Kier molecular flexibility index (Phi) is 4.58. The van der Waals surface area contributed by atoms with Gasteiger partial charge in [0.1, 0.15) is 0 Å². The summed E-state index contributed by atoms with van der Waals surface area (Å²) in [6.07, 6.45) is 1.52. The number of morpholine rings is 1. The molecule has 2 rings (SSSR count). The van der Waals surface area contributed by atoms with E-state index in [0.29, 0.717) is 18.2 Å². The molecule has 2 aliphatic rings. The van der Waals surface area contributed by atoms with Crippen molar-refractivity contribution in [1.82, 2.24) is 10.2 Å². The average Bonchev–Trinajstić information content (AvgIpc) is 2.73. The van der Waals surface area contributed by atoms with Crippen LogP contribution in [0.2, 0.25) is 0 Å². The van der Waals surface area contributed by atoms with Crippen molar-refractivity contribution >= 4 is 0 Å². The zero-order chi connectivity index (χ0) is 11.4. The van der Waals surface area contributed by atoms with Gasteiger partial charge in [0.25, 0.3) is 0 Å². The first-order chi connectivity index (χ1) is 7.77. The zero-order valence-electron chi connectivity index (χ0n) is 10.4. The van der Waals surface area contributed by atoms with Crippen LogP contribution in [0.15, 0.2) is 0 Å². The molecule has 0 bridgehead atoms. The van der Waals surface area contributed by atoms with E-state index in [4.69, 9.17) is 9.47 Å². The fourth-order valence-corrected chi connectivity index (χ4v) is 2.47. The molecule has 0 aromatic rings. The molecule has 3 atom stereocenters. The standard InChI is InChI=1S/C12H24N2O2/c1-10(14-4-7-15-8-5-14)9-13-12-3-6-16-11(12)2/h10-13H,3-9H2,1-2H3. The van der Waals surface area contributed by atoms with E-state index in [9.17, 15) is 0 Å². The molecule has 2 aliphatic heterocycles. The molecule has 4 heteroatoms. The SMILES string of the molecule is CC1OCCC1NCC(C)N1CCOCC1. The molecule has 0 radical (unpaired) electrons. The molecule has 0 aromatic carbocycles. The van der Waals surface area contributed by atoms with Crippen molar-refractivity contribution in [3.63, 3.8) is 0 Å². The van der Waals surface area contributed by atoms with Gasteiger partial charge in [-0.3, -0.25) is 4.90 Å².